The molecule has 2 N–H and O–H groups in total. The van der Waals surface area contributed by atoms with E-state index in [0.29, 0.717) is 42.4 Å². The monoisotopic (exact) mass is 447 g/mol. The third-order valence-corrected chi connectivity index (χ3v) is 4.91. The van der Waals surface area contributed by atoms with Crippen molar-refractivity contribution in [3.8, 4) is 17.2 Å². The summed E-state index contributed by atoms with van der Waals surface area (Å²) in [5, 5.41) is 6.73. The number of urea groups is 1. The largest absolute Gasteiger partial charge is 0.493 e. The Hall–Kier alpha value is -4.00. The number of hydrogen-bond donors (Lipinski definition) is 2. The van der Waals surface area contributed by atoms with Gasteiger partial charge in [-0.25, -0.2) is 10.2 Å². The molecule has 0 saturated heterocycles. The Labute approximate surface area is 194 Å². The Morgan fingerprint density at radius 2 is 1.73 bits per heavy atom. The van der Waals surface area contributed by atoms with Crippen LogP contribution in [0.25, 0.3) is 0 Å². The lowest BCUT2D eigenvalue weighted by atomic mass is 10.1. The van der Waals surface area contributed by atoms with Crippen molar-refractivity contribution in [3.05, 3.63) is 83.4 Å². The lowest BCUT2D eigenvalue weighted by Gasteiger charge is -2.13. The van der Waals surface area contributed by atoms with Gasteiger partial charge in [0.25, 0.3) is 0 Å². The first kappa shape index (κ1) is 23.7. The Morgan fingerprint density at radius 1 is 0.939 bits per heavy atom. The molecule has 0 aliphatic rings. The van der Waals surface area contributed by atoms with Gasteiger partial charge < -0.3 is 19.5 Å². The number of benzene rings is 3. The topological polar surface area (TPSA) is 81.2 Å². The first-order valence-electron chi connectivity index (χ1n) is 10.7. The molecule has 0 radical (unpaired) electrons. The number of hydrazone groups is 1. The number of nitrogens with one attached hydrogen (secondary N) is 2. The van der Waals surface area contributed by atoms with E-state index in [-0.39, 0.29) is 0 Å². The maximum atomic E-state index is 12.0. The molecule has 3 aromatic carbocycles. The molecule has 7 heteroatoms. The smallest absolute Gasteiger partial charge is 0.339 e. The number of ether oxygens (including phenoxy) is 3. The lowest BCUT2D eigenvalue weighted by molar-refractivity contribution is 0.240. The summed E-state index contributed by atoms with van der Waals surface area (Å²) in [5.74, 6) is 1.99. The van der Waals surface area contributed by atoms with Crippen LogP contribution in [0.5, 0.6) is 17.2 Å². The van der Waals surface area contributed by atoms with Gasteiger partial charge in [0, 0.05) is 17.7 Å². The van der Waals surface area contributed by atoms with Crippen LogP contribution in [0.4, 0.5) is 10.5 Å². The second-order valence-electron chi connectivity index (χ2n) is 7.37. The molecule has 0 fully saturated rings. The molecule has 172 valence electrons. The number of carbonyl (C=O) groups excluding carboxylic acids is 1. The highest BCUT2D eigenvalue weighted by Gasteiger charge is 2.10. The highest BCUT2D eigenvalue weighted by atomic mass is 16.5. The fourth-order valence-electron chi connectivity index (χ4n) is 3.02. The second kappa shape index (κ2) is 12.1. The summed E-state index contributed by atoms with van der Waals surface area (Å²) in [4.78, 5) is 12.0. The van der Waals surface area contributed by atoms with E-state index in [1.165, 1.54) is 17.3 Å². The molecule has 0 unspecified atom stereocenters. The molecule has 0 aliphatic heterocycles. The molecule has 0 aliphatic carbocycles. The number of carbonyl (C=O) groups is 1. The minimum absolute atomic E-state index is 0.438. The Kier molecular flexibility index (Phi) is 8.71. The lowest BCUT2D eigenvalue weighted by Crippen LogP contribution is -2.24. The molecule has 0 bridgehead atoms. The third-order valence-electron chi connectivity index (χ3n) is 4.91. The highest BCUT2D eigenvalue weighted by molar-refractivity contribution is 5.91. The van der Waals surface area contributed by atoms with Crippen LogP contribution in [-0.2, 0) is 0 Å². The molecule has 7 nitrogen and oxygen atoms in total. The Bertz CT molecular complexity index is 1080. The molecular weight excluding hydrogens is 418 g/mol. The Morgan fingerprint density at radius 3 is 2.48 bits per heavy atom. The van der Waals surface area contributed by atoms with Crippen molar-refractivity contribution in [3.63, 3.8) is 0 Å². The highest BCUT2D eigenvalue weighted by Crippen LogP contribution is 2.30. The Balaban J connectivity index is 1.52. The normalized spacial score (nSPS) is 10.6. The van der Waals surface area contributed by atoms with E-state index in [2.05, 4.69) is 35.8 Å². The van der Waals surface area contributed by atoms with Crippen molar-refractivity contribution >= 4 is 17.9 Å². The van der Waals surface area contributed by atoms with E-state index in [4.69, 9.17) is 14.2 Å². The summed E-state index contributed by atoms with van der Waals surface area (Å²) in [7, 11) is 1.58. The van der Waals surface area contributed by atoms with Gasteiger partial charge >= 0.3 is 6.03 Å². The molecule has 3 aromatic rings. The van der Waals surface area contributed by atoms with Crippen LogP contribution in [0.15, 0.2) is 71.8 Å². The predicted molar refractivity (Wildman–Crippen MR) is 131 cm³/mol. The van der Waals surface area contributed by atoms with Gasteiger partial charge in [-0.1, -0.05) is 30.3 Å². The van der Waals surface area contributed by atoms with E-state index in [1.807, 2.05) is 48.5 Å². The van der Waals surface area contributed by atoms with Gasteiger partial charge in [0.2, 0.25) is 0 Å². The number of nitrogens with zero attached hydrogens (tertiary/aromatic N) is 1. The van der Waals surface area contributed by atoms with Crippen LogP contribution in [0, 0.1) is 13.8 Å². The van der Waals surface area contributed by atoms with Crippen molar-refractivity contribution in [2.75, 3.05) is 25.6 Å². The van der Waals surface area contributed by atoms with E-state index >= 15 is 0 Å². The van der Waals surface area contributed by atoms with Crippen molar-refractivity contribution in [1.82, 2.24) is 5.43 Å². The van der Waals surface area contributed by atoms with E-state index in [0.717, 1.165) is 5.75 Å². The fraction of sp³-hybridized carbons (Fsp3) is 0.231. The average Bonchev–Trinajstić information content (AvgIpc) is 2.82. The molecule has 0 heterocycles. The first-order valence-corrected chi connectivity index (χ1v) is 10.7. The molecule has 0 spiro atoms. The molecule has 0 atom stereocenters. The second-order valence-corrected chi connectivity index (χ2v) is 7.37. The zero-order valence-corrected chi connectivity index (χ0v) is 19.1. The summed E-state index contributed by atoms with van der Waals surface area (Å²) in [6.45, 7) is 5.11. The van der Waals surface area contributed by atoms with Crippen molar-refractivity contribution in [2.45, 2.75) is 20.3 Å². The number of hydrogen-bond acceptors (Lipinski definition) is 5. The van der Waals surface area contributed by atoms with Crippen LogP contribution < -0.4 is 25.0 Å². The quantitative estimate of drug-likeness (QED) is 0.251. The van der Waals surface area contributed by atoms with Crippen LogP contribution in [0.3, 0.4) is 0 Å². The summed E-state index contributed by atoms with van der Waals surface area (Å²) in [5.41, 5.74) is 6.25. The number of anilines is 1. The maximum absolute atomic E-state index is 12.0. The van der Waals surface area contributed by atoms with Crippen LogP contribution in [0.1, 0.15) is 23.1 Å². The van der Waals surface area contributed by atoms with Gasteiger partial charge in [0.05, 0.1) is 26.5 Å². The van der Waals surface area contributed by atoms with Gasteiger partial charge in [-0.3, -0.25) is 0 Å². The van der Waals surface area contributed by atoms with E-state index < -0.39 is 6.03 Å². The van der Waals surface area contributed by atoms with Crippen molar-refractivity contribution in [1.29, 1.82) is 0 Å². The molecular formula is C26H29N3O4. The van der Waals surface area contributed by atoms with Crippen molar-refractivity contribution < 1.29 is 19.0 Å². The summed E-state index contributed by atoms with van der Waals surface area (Å²) in [6, 6.07) is 20.2. The first-order chi connectivity index (χ1) is 16.1. The molecule has 2 amide bonds. The summed E-state index contributed by atoms with van der Waals surface area (Å²) >= 11 is 0. The molecule has 3 rings (SSSR count). The van der Waals surface area contributed by atoms with Gasteiger partial charge in [0.1, 0.15) is 5.75 Å². The average molecular weight is 448 g/mol. The zero-order valence-electron chi connectivity index (χ0n) is 19.1. The maximum Gasteiger partial charge on any atom is 0.339 e. The van der Waals surface area contributed by atoms with Gasteiger partial charge in [0.15, 0.2) is 11.5 Å². The number of amides is 2. The number of aryl methyl sites for hydroxylation is 2. The summed E-state index contributed by atoms with van der Waals surface area (Å²) in [6.07, 6.45) is 2.22. The van der Waals surface area contributed by atoms with E-state index in [1.54, 1.807) is 19.2 Å². The summed E-state index contributed by atoms with van der Waals surface area (Å²) < 4.78 is 17.2. The van der Waals surface area contributed by atoms with Crippen LogP contribution >= 0.6 is 0 Å². The SMILES string of the molecule is COc1cccc(/C=N\NC(=O)Nc2ccccc2)c1OCCCOc1ccc(C)c(C)c1. The van der Waals surface area contributed by atoms with Crippen molar-refractivity contribution in [2.24, 2.45) is 5.10 Å². The number of rotatable bonds is 10. The third kappa shape index (κ3) is 7.28. The molecule has 0 saturated carbocycles. The van der Waals surface area contributed by atoms with Gasteiger partial charge in [-0.05, 0) is 61.4 Å². The predicted octanol–water partition coefficient (Wildman–Crippen LogP) is 5.32. The molecule has 0 aromatic heterocycles. The van der Waals surface area contributed by atoms with Crippen LogP contribution in [0.2, 0.25) is 0 Å². The zero-order chi connectivity index (χ0) is 23.5. The number of methoxy groups -OCH3 is 1. The fourth-order valence-corrected chi connectivity index (χ4v) is 3.02. The molecule has 33 heavy (non-hydrogen) atoms. The minimum Gasteiger partial charge on any atom is -0.493 e. The number of para-hydroxylation sites is 2. The van der Waals surface area contributed by atoms with E-state index in [9.17, 15) is 4.79 Å². The van der Waals surface area contributed by atoms with Crippen LogP contribution in [-0.4, -0.2) is 32.6 Å². The van der Waals surface area contributed by atoms with Gasteiger partial charge in [-0.2, -0.15) is 5.10 Å². The standard InChI is InChI=1S/C26H29N3O4/c1-19-13-14-23(17-20(19)2)32-15-8-16-33-25-21(9-7-12-24(25)31-3)18-27-29-26(30)28-22-10-5-4-6-11-22/h4-7,9-14,17-18H,8,15-16H2,1-3H3,(H2,28,29,30)/b27-18-. The van der Waals surface area contributed by atoms with Gasteiger partial charge in [-0.15, -0.1) is 0 Å². The minimum atomic E-state index is -0.439.